The summed E-state index contributed by atoms with van der Waals surface area (Å²) in [6.45, 7) is 4.77. The summed E-state index contributed by atoms with van der Waals surface area (Å²) in [4.78, 5) is 4.21. The van der Waals surface area contributed by atoms with E-state index < -0.39 is 0 Å². The summed E-state index contributed by atoms with van der Waals surface area (Å²) in [5.41, 5.74) is 8.45. The van der Waals surface area contributed by atoms with Crippen molar-refractivity contribution >= 4 is 0 Å². The van der Waals surface area contributed by atoms with Crippen molar-refractivity contribution in [3.8, 4) is 17.8 Å². The Kier molecular flexibility index (Phi) is 4.37. The molecular weight excluding hydrogens is 262 g/mol. The Hall–Kier alpha value is -2.63. The van der Waals surface area contributed by atoms with Crippen LogP contribution in [0.25, 0.3) is 5.69 Å². The van der Waals surface area contributed by atoms with Gasteiger partial charge in [0.1, 0.15) is 12.1 Å². The molecule has 1 heterocycles. The fourth-order valence-corrected chi connectivity index (χ4v) is 2.40. The second-order valence-corrected chi connectivity index (χ2v) is 5.23. The molecule has 5 nitrogen and oxygen atoms in total. The first-order chi connectivity index (χ1) is 10.1. The van der Waals surface area contributed by atoms with Gasteiger partial charge in [0.15, 0.2) is 0 Å². The minimum absolute atomic E-state index is 0.189. The maximum absolute atomic E-state index is 9.14. The highest BCUT2D eigenvalue weighted by atomic mass is 15.1. The lowest BCUT2D eigenvalue weighted by Crippen LogP contribution is -2.20. The topological polar surface area (TPSA) is 91.4 Å². The van der Waals surface area contributed by atoms with Crippen molar-refractivity contribution in [2.45, 2.75) is 19.8 Å². The third-order valence-corrected chi connectivity index (χ3v) is 3.63. The molecule has 1 aromatic heterocycles. The minimum Gasteiger partial charge on any atom is -0.330 e. The minimum atomic E-state index is 0.189. The van der Waals surface area contributed by atoms with Crippen molar-refractivity contribution in [2.75, 3.05) is 6.54 Å². The summed E-state index contributed by atoms with van der Waals surface area (Å²) in [5.74, 6) is 0.577. The molecule has 0 aliphatic rings. The molecule has 1 unspecified atom stereocenters. The molecule has 0 aliphatic carbocycles. The average molecular weight is 279 g/mol. The van der Waals surface area contributed by atoms with Gasteiger partial charge in [-0.3, -0.25) is 0 Å². The van der Waals surface area contributed by atoms with Crippen LogP contribution in [0.15, 0.2) is 30.7 Å². The predicted octanol–water partition coefficient (Wildman–Crippen LogP) is 2.31. The predicted molar refractivity (Wildman–Crippen MR) is 79.6 cm³/mol. The smallest absolute Gasteiger partial charge is 0.101 e. The van der Waals surface area contributed by atoms with Crippen LogP contribution in [0.2, 0.25) is 0 Å². The van der Waals surface area contributed by atoms with E-state index in [0.29, 0.717) is 23.6 Å². The van der Waals surface area contributed by atoms with E-state index in [4.69, 9.17) is 16.3 Å². The highest BCUT2D eigenvalue weighted by Gasteiger charge is 2.19. The van der Waals surface area contributed by atoms with Crippen molar-refractivity contribution in [3.63, 3.8) is 0 Å². The molecule has 0 radical (unpaired) electrons. The van der Waals surface area contributed by atoms with Crippen molar-refractivity contribution < 1.29 is 0 Å². The molecule has 0 fully saturated rings. The molecule has 21 heavy (non-hydrogen) atoms. The molecule has 0 saturated carbocycles. The Labute approximate surface area is 124 Å². The van der Waals surface area contributed by atoms with Crippen molar-refractivity contribution in [1.29, 1.82) is 10.5 Å². The fourth-order valence-electron chi connectivity index (χ4n) is 2.40. The maximum atomic E-state index is 9.14. The number of imidazole rings is 1. The molecule has 0 saturated heterocycles. The molecule has 0 bridgehead atoms. The second kappa shape index (κ2) is 6.21. The van der Waals surface area contributed by atoms with E-state index >= 15 is 0 Å². The normalized spacial score (nSPS) is 11.9. The van der Waals surface area contributed by atoms with Crippen molar-refractivity contribution in [1.82, 2.24) is 9.55 Å². The van der Waals surface area contributed by atoms with Crippen LogP contribution in [0.1, 0.15) is 36.6 Å². The number of benzene rings is 1. The molecule has 0 aliphatic heterocycles. The average Bonchev–Trinajstić information content (AvgIpc) is 2.96. The number of rotatable bonds is 4. The Morgan fingerprint density at radius 1 is 1.24 bits per heavy atom. The second-order valence-electron chi connectivity index (χ2n) is 5.23. The highest BCUT2D eigenvalue weighted by molar-refractivity contribution is 5.52. The standard InChI is InChI=1S/C16H17N5/c1-11(2)15(8-19)16-9-20-10-21(16)14-4-3-12(6-17)13(5-14)7-18/h3-5,9-11,15H,8,19H2,1-2H3. The monoisotopic (exact) mass is 279 g/mol. The van der Waals surface area contributed by atoms with E-state index in [1.54, 1.807) is 18.5 Å². The number of hydrogen-bond donors (Lipinski definition) is 1. The number of nitrogens with two attached hydrogens (primary N) is 1. The van der Waals surface area contributed by atoms with Gasteiger partial charge in [0, 0.05) is 30.0 Å². The quantitative estimate of drug-likeness (QED) is 0.929. The maximum Gasteiger partial charge on any atom is 0.101 e. The number of hydrogen-bond acceptors (Lipinski definition) is 4. The van der Waals surface area contributed by atoms with Gasteiger partial charge in [-0.1, -0.05) is 13.8 Å². The van der Waals surface area contributed by atoms with Gasteiger partial charge >= 0.3 is 0 Å². The molecule has 2 aromatic rings. The Morgan fingerprint density at radius 2 is 1.95 bits per heavy atom. The summed E-state index contributed by atoms with van der Waals surface area (Å²) in [6, 6.07) is 9.25. The van der Waals surface area contributed by atoms with E-state index in [-0.39, 0.29) is 5.92 Å². The Bertz CT molecular complexity index is 715. The zero-order chi connectivity index (χ0) is 15.4. The molecule has 0 spiro atoms. The Balaban J connectivity index is 2.52. The SMILES string of the molecule is CC(C)C(CN)c1cncn1-c1ccc(C#N)c(C#N)c1. The third-order valence-electron chi connectivity index (χ3n) is 3.63. The van der Waals surface area contributed by atoms with E-state index in [9.17, 15) is 0 Å². The van der Waals surface area contributed by atoms with Crippen LogP contribution in [-0.4, -0.2) is 16.1 Å². The van der Waals surface area contributed by atoms with Crippen LogP contribution in [0, 0.1) is 28.6 Å². The first-order valence-corrected chi connectivity index (χ1v) is 6.79. The van der Waals surface area contributed by atoms with Crippen LogP contribution < -0.4 is 5.73 Å². The summed E-state index contributed by atoms with van der Waals surface area (Å²) in [6.07, 6.45) is 3.52. The zero-order valence-electron chi connectivity index (χ0n) is 12.1. The van der Waals surface area contributed by atoms with Gasteiger partial charge < -0.3 is 10.3 Å². The summed E-state index contributed by atoms with van der Waals surface area (Å²) in [5, 5.41) is 18.1. The van der Waals surface area contributed by atoms with Gasteiger partial charge in [0.05, 0.1) is 17.5 Å². The van der Waals surface area contributed by atoms with E-state index in [1.165, 1.54) is 0 Å². The number of aromatic nitrogens is 2. The number of nitriles is 2. The first-order valence-electron chi connectivity index (χ1n) is 6.79. The van der Waals surface area contributed by atoms with E-state index in [1.807, 2.05) is 22.9 Å². The zero-order valence-corrected chi connectivity index (χ0v) is 12.1. The van der Waals surface area contributed by atoms with E-state index in [2.05, 4.69) is 24.9 Å². The molecular formula is C16H17N5. The molecule has 1 atom stereocenters. The van der Waals surface area contributed by atoms with Crippen molar-refractivity contribution in [2.24, 2.45) is 11.7 Å². The third kappa shape index (κ3) is 2.79. The summed E-state index contributed by atoms with van der Waals surface area (Å²) < 4.78 is 1.93. The van der Waals surface area contributed by atoms with E-state index in [0.717, 1.165) is 11.4 Å². The lowest BCUT2D eigenvalue weighted by atomic mass is 9.93. The Morgan fingerprint density at radius 3 is 2.52 bits per heavy atom. The van der Waals surface area contributed by atoms with Gasteiger partial charge in [-0.2, -0.15) is 10.5 Å². The molecule has 106 valence electrons. The van der Waals surface area contributed by atoms with Crippen LogP contribution in [0.5, 0.6) is 0 Å². The van der Waals surface area contributed by atoms with Crippen LogP contribution in [-0.2, 0) is 0 Å². The summed E-state index contributed by atoms with van der Waals surface area (Å²) >= 11 is 0. The van der Waals surface area contributed by atoms with Gasteiger partial charge in [-0.05, 0) is 24.1 Å². The van der Waals surface area contributed by atoms with Gasteiger partial charge in [0.2, 0.25) is 0 Å². The largest absolute Gasteiger partial charge is 0.330 e. The molecule has 1 aromatic carbocycles. The lowest BCUT2D eigenvalue weighted by molar-refractivity contribution is 0.490. The lowest BCUT2D eigenvalue weighted by Gasteiger charge is -2.20. The van der Waals surface area contributed by atoms with Crippen molar-refractivity contribution in [3.05, 3.63) is 47.5 Å². The molecule has 5 heteroatoms. The van der Waals surface area contributed by atoms with Crippen LogP contribution >= 0.6 is 0 Å². The molecule has 0 amide bonds. The van der Waals surface area contributed by atoms with Crippen LogP contribution in [0.4, 0.5) is 0 Å². The first kappa shape index (κ1) is 14.8. The van der Waals surface area contributed by atoms with Gasteiger partial charge in [0.25, 0.3) is 0 Å². The number of nitrogens with zero attached hydrogens (tertiary/aromatic N) is 4. The molecule has 2 rings (SSSR count). The van der Waals surface area contributed by atoms with Crippen LogP contribution in [0.3, 0.4) is 0 Å². The molecule has 2 N–H and O–H groups in total. The summed E-state index contributed by atoms with van der Waals surface area (Å²) in [7, 11) is 0. The van der Waals surface area contributed by atoms with Gasteiger partial charge in [-0.15, -0.1) is 0 Å². The van der Waals surface area contributed by atoms with Gasteiger partial charge in [-0.25, -0.2) is 4.98 Å². The fraction of sp³-hybridized carbons (Fsp3) is 0.312. The highest BCUT2D eigenvalue weighted by Crippen LogP contribution is 2.26.